The van der Waals surface area contributed by atoms with Crippen LogP contribution in [0.1, 0.15) is 39.0 Å². The first kappa shape index (κ1) is 25.9. The fraction of sp³-hybridized carbons (Fsp3) is 0.296. The summed E-state index contributed by atoms with van der Waals surface area (Å²) in [4.78, 5) is 12.5. The second-order valence-electron chi connectivity index (χ2n) is 8.74. The molecule has 190 valence electrons. The van der Waals surface area contributed by atoms with E-state index in [1.165, 1.54) is 36.8 Å². The van der Waals surface area contributed by atoms with Crippen LogP contribution in [0.5, 0.6) is 17.2 Å². The first-order valence-electron chi connectivity index (χ1n) is 11.9. The molecule has 2 N–H and O–H groups in total. The van der Waals surface area contributed by atoms with Gasteiger partial charge in [0.05, 0.1) is 10.6 Å². The third-order valence-corrected chi connectivity index (χ3v) is 7.54. The van der Waals surface area contributed by atoms with E-state index in [2.05, 4.69) is 10.0 Å². The molecule has 0 aromatic heterocycles. The van der Waals surface area contributed by atoms with Crippen LogP contribution in [0.4, 0.5) is 5.69 Å². The first-order valence-corrected chi connectivity index (χ1v) is 13.8. The highest BCUT2D eigenvalue weighted by Crippen LogP contribution is 2.33. The van der Waals surface area contributed by atoms with Gasteiger partial charge in [-0.05, 0) is 74.4 Å². The Morgan fingerprint density at radius 1 is 0.944 bits per heavy atom. The maximum Gasteiger partial charge on any atom is 0.262 e. The van der Waals surface area contributed by atoms with Gasteiger partial charge in [0, 0.05) is 11.1 Å². The minimum absolute atomic E-state index is 0.0276. The fourth-order valence-electron chi connectivity index (χ4n) is 4.01. The van der Waals surface area contributed by atoms with E-state index in [-0.39, 0.29) is 22.5 Å². The topological polar surface area (TPSA) is 93.7 Å². The molecule has 1 saturated carbocycles. The first-order chi connectivity index (χ1) is 17.3. The van der Waals surface area contributed by atoms with Crippen LogP contribution in [0.2, 0.25) is 5.02 Å². The van der Waals surface area contributed by atoms with Gasteiger partial charge in [0.25, 0.3) is 15.9 Å². The van der Waals surface area contributed by atoms with Crippen LogP contribution in [-0.2, 0) is 14.8 Å². The molecule has 1 aliphatic rings. The van der Waals surface area contributed by atoms with E-state index in [0.717, 1.165) is 25.7 Å². The molecule has 3 aromatic carbocycles. The van der Waals surface area contributed by atoms with Crippen molar-refractivity contribution in [3.8, 4) is 17.2 Å². The van der Waals surface area contributed by atoms with Crippen LogP contribution in [0, 0.1) is 0 Å². The van der Waals surface area contributed by atoms with E-state index in [0.29, 0.717) is 22.3 Å². The summed E-state index contributed by atoms with van der Waals surface area (Å²) in [5, 5.41) is 3.40. The summed E-state index contributed by atoms with van der Waals surface area (Å²) in [5.41, 5.74) is 0.208. The molecule has 0 spiro atoms. The Labute approximate surface area is 216 Å². The van der Waals surface area contributed by atoms with Crippen LogP contribution in [0.3, 0.4) is 0 Å². The SMILES string of the molecule is C[C@H](Oc1ccc(S(=O)(=O)Nc2cc(Cl)ccc2Oc2ccccc2)cc1)C(=O)NC1CCCCC1. The van der Waals surface area contributed by atoms with Crippen molar-refractivity contribution < 1.29 is 22.7 Å². The molecule has 4 rings (SSSR count). The summed E-state index contributed by atoms with van der Waals surface area (Å²) in [6.45, 7) is 1.68. The molecular formula is C27H29ClN2O5S. The van der Waals surface area contributed by atoms with Gasteiger partial charge in [-0.3, -0.25) is 9.52 Å². The zero-order chi connectivity index (χ0) is 25.5. The van der Waals surface area contributed by atoms with E-state index in [1.54, 1.807) is 31.2 Å². The monoisotopic (exact) mass is 528 g/mol. The Balaban J connectivity index is 1.42. The lowest BCUT2D eigenvalue weighted by molar-refractivity contribution is -0.128. The normalized spacial score (nSPS) is 15.1. The lowest BCUT2D eigenvalue weighted by atomic mass is 9.95. The fourth-order valence-corrected chi connectivity index (χ4v) is 5.24. The van der Waals surface area contributed by atoms with E-state index in [9.17, 15) is 13.2 Å². The maximum atomic E-state index is 13.1. The second kappa shape index (κ2) is 11.7. The van der Waals surface area contributed by atoms with Crippen LogP contribution in [-0.4, -0.2) is 26.5 Å². The van der Waals surface area contributed by atoms with Crippen molar-refractivity contribution in [2.45, 2.75) is 56.1 Å². The van der Waals surface area contributed by atoms with E-state index < -0.39 is 16.1 Å². The number of sulfonamides is 1. The van der Waals surface area contributed by atoms with E-state index in [1.807, 2.05) is 18.2 Å². The molecule has 7 nitrogen and oxygen atoms in total. The Kier molecular flexibility index (Phi) is 8.38. The Hall–Kier alpha value is -3.23. The number of nitrogens with one attached hydrogen (secondary N) is 2. The molecule has 0 saturated heterocycles. The molecule has 0 radical (unpaired) electrons. The average molecular weight is 529 g/mol. The number of para-hydroxylation sites is 1. The third-order valence-electron chi connectivity index (χ3n) is 5.92. The molecule has 0 bridgehead atoms. The number of hydrogen-bond acceptors (Lipinski definition) is 5. The lowest BCUT2D eigenvalue weighted by Gasteiger charge is -2.24. The Morgan fingerprint density at radius 2 is 1.64 bits per heavy atom. The van der Waals surface area contributed by atoms with E-state index in [4.69, 9.17) is 21.1 Å². The zero-order valence-electron chi connectivity index (χ0n) is 19.9. The molecule has 0 heterocycles. The van der Waals surface area contributed by atoms with Gasteiger partial charge >= 0.3 is 0 Å². The number of anilines is 1. The maximum absolute atomic E-state index is 13.1. The molecule has 0 unspecified atom stereocenters. The number of benzene rings is 3. The summed E-state index contributed by atoms with van der Waals surface area (Å²) in [7, 11) is -3.95. The number of amides is 1. The summed E-state index contributed by atoms with van der Waals surface area (Å²) in [5.74, 6) is 1.10. The highest BCUT2D eigenvalue weighted by Gasteiger charge is 2.22. The molecule has 1 fully saturated rings. The van der Waals surface area contributed by atoms with Gasteiger partial charge in [0.2, 0.25) is 0 Å². The molecule has 1 aliphatic carbocycles. The molecule has 9 heteroatoms. The zero-order valence-corrected chi connectivity index (χ0v) is 21.5. The summed E-state index contributed by atoms with van der Waals surface area (Å²) >= 11 is 6.11. The van der Waals surface area contributed by atoms with Gasteiger partial charge < -0.3 is 14.8 Å². The Morgan fingerprint density at radius 3 is 2.33 bits per heavy atom. The largest absolute Gasteiger partial charge is 0.481 e. The minimum atomic E-state index is -3.95. The predicted molar refractivity (Wildman–Crippen MR) is 140 cm³/mol. The summed E-state index contributed by atoms with van der Waals surface area (Å²) in [6, 6.07) is 19.8. The van der Waals surface area contributed by atoms with Crippen LogP contribution in [0.15, 0.2) is 77.7 Å². The number of rotatable bonds is 9. The summed E-state index contributed by atoms with van der Waals surface area (Å²) in [6.07, 6.45) is 4.74. The second-order valence-corrected chi connectivity index (χ2v) is 10.9. The quantitative estimate of drug-likeness (QED) is 0.347. The lowest BCUT2D eigenvalue weighted by Crippen LogP contribution is -2.43. The summed E-state index contributed by atoms with van der Waals surface area (Å²) < 4.78 is 40.3. The van der Waals surface area contributed by atoms with Crippen molar-refractivity contribution in [3.63, 3.8) is 0 Å². The van der Waals surface area contributed by atoms with Gasteiger partial charge in [0.15, 0.2) is 11.9 Å². The van der Waals surface area contributed by atoms with Crippen LogP contribution < -0.4 is 19.5 Å². The molecule has 3 aromatic rings. The number of carbonyl (C=O) groups excluding carboxylic acids is 1. The van der Waals surface area contributed by atoms with Gasteiger partial charge in [-0.2, -0.15) is 0 Å². The number of ether oxygens (including phenoxy) is 2. The number of halogens is 1. The van der Waals surface area contributed by atoms with Gasteiger partial charge in [-0.15, -0.1) is 0 Å². The molecule has 36 heavy (non-hydrogen) atoms. The molecular weight excluding hydrogens is 500 g/mol. The molecule has 1 amide bonds. The van der Waals surface area contributed by atoms with Gasteiger partial charge in [0.1, 0.15) is 11.5 Å². The van der Waals surface area contributed by atoms with Crippen molar-refractivity contribution in [1.82, 2.24) is 5.32 Å². The van der Waals surface area contributed by atoms with Crippen molar-refractivity contribution in [2.75, 3.05) is 4.72 Å². The van der Waals surface area contributed by atoms with Crippen LogP contribution in [0.25, 0.3) is 0 Å². The third kappa shape index (κ3) is 6.92. The van der Waals surface area contributed by atoms with Crippen molar-refractivity contribution >= 4 is 33.2 Å². The van der Waals surface area contributed by atoms with Crippen LogP contribution >= 0.6 is 11.6 Å². The molecule has 0 aliphatic heterocycles. The van der Waals surface area contributed by atoms with Gasteiger partial charge in [-0.1, -0.05) is 49.1 Å². The Bertz CT molecular complexity index is 1280. The minimum Gasteiger partial charge on any atom is -0.481 e. The average Bonchev–Trinajstić information content (AvgIpc) is 2.87. The number of carbonyl (C=O) groups is 1. The smallest absolute Gasteiger partial charge is 0.262 e. The molecule has 1 atom stereocenters. The standard InChI is InChI=1S/C27H29ClN2O5S/c1-19(27(31)29-21-8-4-2-5-9-21)34-23-13-15-24(16-14-23)36(32,33)30-25-18-20(28)12-17-26(25)35-22-10-6-3-7-11-22/h3,6-7,10-19,21,30H,2,4-5,8-9H2,1H3,(H,29,31)/t19-/m0/s1. The van der Waals surface area contributed by atoms with Gasteiger partial charge in [-0.25, -0.2) is 8.42 Å². The highest BCUT2D eigenvalue weighted by molar-refractivity contribution is 7.92. The van der Waals surface area contributed by atoms with E-state index >= 15 is 0 Å². The van der Waals surface area contributed by atoms with Crippen molar-refractivity contribution in [3.05, 3.63) is 77.8 Å². The van der Waals surface area contributed by atoms with Crippen molar-refractivity contribution in [2.24, 2.45) is 0 Å². The van der Waals surface area contributed by atoms with Crippen molar-refractivity contribution in [1.29, 1.82) is 0 Å². The number of hydrogen-bond donors (Lipinski definition) is 2. The predicted octanol–water partition coefficient (Wildman–Crippen LogP) is 6.15. The highest BCUT2D eigenvalue weighted by atomic mass is 35.5.